The molecule has 8 heteroatoms. The molecule has 1 aliphatic rings. The van der Waals surface area contributed by atoms with Crippen molar-refractivity contribution in [3.8, 4) is 11.5 Å². The Morgan fingerprint density at radius 3 is 2.38 bits per heavy atom. The van der Waals surface area contributed by atoms with Crippen LogP contribution in [0.2, 0.25) is 0 Å². The molecule has 1 unspecified atom stereocenters. The molecule has 2 N–H and O–H groups in total. The fraction of sp³-hybridized carbons (Fsp3) is 0.667. The number of rotatable bonds is 3. The number of benzene rings is 1. The van der Waals surface area contributed by atoms with Gasteiger partial charge in [-0.25, -0.2) is 0 Å². The predicted molar refractivity (Wildman–Crippen MR) is 96.7 cm³/mol. The van der Waals surface area contributed by atoms with E-state index in [1.54, 1.807) is 7.11 Å². The molecular weight excluding hydrogens is 340 g/mol. The summed E-state index contributed by atoms with van der Waals surface area (Å²) in [6, 6.07) is 7.61. The summed E-state index contributed by atoms with van der Waals surface area (Å²) in [5.74, 6) is 1.39. The van der Waals surface area contributed by atoms with E-state index in [0.717, 1.165) is 13.1 Å². The van der Waals surface area contributed by atoms with Crippen molar-refractivity contribution in [3.05, 3.63) is 24.3 Å². The number of methoxy groups -OCH3 is 1. The van der Waals surface area contributed by atoms with Crippen molar-refractivity contribution >= 4 is 0 Å². The second kappa shape index (κ2) is 13.7. The van der Waals surface area contributed by atoms with Gasteiger partial charge >= 0.3 is 0 Å². The third kappa shape index (κ3) is 8.79. The first-order chi connectivity index (χ1) is 12.9. The van der Waals surface area contributed by atoms with Crippen LogP contribution in [0, 0.1) is 0 Å². The van der Waals surface area contributed by atoms with Gasteiger partial charge in [-0.05, 0) is 12.1 Å². The topological polar surface area (TPSA) is 79.4 Å². The van der Waals surface area contributed by atoms with Gasteiger partial charge in [-0.15, -0.1) is 0 Å². The molecule has 1 aliphatic heterocycles. The Bertz CT molecular complexity index is 477. The summed E-state index contributed by atoms with van der Waals surface area (Å²) in [6.45, 7) is 5.56. The second-order valence-electron chi connectivity index (χ2n) is 5.60. The maximum atomic E-state index is 5.89. The first kappa shape index (κ1) is 20.9. The minimum absolute atomic E-state index is 0.180. The van der Waals surface area contributed by atoms with Crippen molar-refractivity contribution in [1.82, 2.24) is 10.6 Å². The van der Waals surface area contributed by atoms with E-state index in [9.17, 15) is 0 Å². The van der Waals surface area contributed by atoms with Gasteiger partial charge in [0.05, 0.1) is 26.4 Å². The van der Waals surface area contributed by atoms with Crippen LogP contribution >= 0.6 is 0 Å². The summed E-state index contributed by atoms with van der Waals surface area (Å²) < 4.78 is 33.3. The molecule has 8 nitrogen and oxygen atoms in total. The zero-order chi connectivity index (χ0) is 18.3. The van der Waals surface area contributed by atoms with Crippen molar-refractivity contribution < 1.29 is 28.4 Å². The van der Waals surface area contributed by atoms with Gasteiger partial charge < -0.3 is 33.7 Å². The fourth-order valence-corrected chi connectivity index (χ4v) is 2.29. The van der Waals surface area contributed by atoms with E-state index in [0.29, 0.717) is 57.7 Å². The first-order valence-corrected chi connectivity index (χ1v) is 8.95. The fourth-order valence-electron chi connectivity index (χ4n) is 2.29. The van der Waals surface area contributed by atoms with Gasteiger partial charge in [0.2, 0.25) is 0 Å². The lowest BCUT2D eigenvalue weighted by Gasteiger charge is -2.21. The molecule has 0 aromatic heterocycles. The van der Waals surface area contributed by atoms with Crippen LogP contribution in [0.25, 0.3) is 0 Å². The predicted octanol–water partition coefficient (Wildman–Crippen LogP) is 0.617. The lowest BCUT2D eigenvalue weighted by Crippen LogP contribution is -2.39. The Labute approximate surface area is 155 Å². The SMILES string of the molecule is COCOC1COc2ccccc2OCCNCCOCCOCCN1. The van der Waals surface area contributed by atoms with Gasteiger partial charge in [0, 0.05) is 26.7 Å². The van der Waals surface area contributed by atoms with Crippen LogP contribution in [-0.4, -0.2) is 79.4 Å². The van der Waals surface area contributed by atoms with Crippen LogP contribution in [0.1, 0.15) is 0 Å². The largest absolute Gasteiger partial charge is 0.488 e. The first-order valence-electron chi connectivity index (χ1n) is 8.95. The van der Waals surface area contributed by atoms with E-state index in [4.69, 9.17) is 28.4 Å². The normalized spacial score (nSPS) is 21.5. The lowest BCUT2D eigenvalue weighted by molar-refractivity contribution is -0.0970. The summed E-state index contributed by atoms with van der Waals surface area (Å²) >= 11 is 0. The van der Waals surface area contributed by atoms with Crippen molar-refractivity contribution in [2.75, 3.05) is 73.2 Å². The molecule has 0 amide bonds. The lowest BCUT2D eigenvalue weighted by atomic mass is 10.3. The Morgan fingerprint density at radius 1 is 0.923 bits per heavy atom. The van der Waals surface area contributed by atoms with Gasteiger partial charge in [-0.3, -0.25) is 5.32 Å². The quantitative estimate of drug-likeness (QED) is 0.750. The van der Waals surface area contributed by atoms with Gasteiger partial charge in [0.1, 0.15) is 26.2 Å². The van der Waals surface area contributed by atoms with Crippen LogP contribution in [-0.2, 0) is 18.9 Å². The number of para-hydroxylation sites is 2. The van der Waals surface area contributed by atoms with E-state index in [2.05, 4.69) is 10.6 Å². The number of ether oxygens (including phenoxy) is 6. The van der Waals surface area contributed by atoms with E-state index >= 15 is 0 Å². The van der Waals surface area contributed by atoms with Crippen LogP contribution < -0.4 is 20.1 Å². The standard InChI is InChI=1S/C18H30N2O6/c1-21-15-26-18-14-25-17-5-3-2-4-16(17)24-11-7-19-6-9-22-12-13-23-10-8-20-18/h2-5,18-20H,6-15H2,1H3. The van der Waals surface area contributed by atoms with E-state index in [1.807, 2.05) is 24.3 Å². The highest BCUT2D eigenvalue weighted by molar-refractivity contribution is 5.39. The molecule has 0 bridgehead atoms. The second-order valence-corrected chi connectivity index (χ2v) is 5.60. The Balaban J connectivity index is 1.91. The van der Waals surface area contributed by atoms with Crippen molar-refractivity contribution in [2.45, 2.75) is 6.23 Å². The molecule has 0 aliphatic carbocycles. The molecule has 2 rings (SSSR count). The Kier molecular flexibility index (Phi) is 11.0. The molecule has 1 aromatic rings. The smallest absolute Gasteiger partial charge is 0.161 e. The molecule has 148 valence electrons. The molecule has 26 heavy (non-hydrogen) atoms. The molecule has 0 spiro atoms. The van der Waals surface area contributed by atoms with Crippen LogP contribution in [0.4, 0.5) is 0 Å². The van der Waals surface area contributed by atoms with Gasteiger partial charge in [-0.2, -0.15) is 0 Å². The van der Waals surface area contributed by atoms with Crippen molar-refractivity contribution in [3.63, 3.8) is 0 Å². The summed E-state index contributed by atoms with van der Waals surface area (Å²) in [7, 11) is 1.59. The molecule has 0 saturated carbocycles. The Morgan fingerprint density at radius 2 is 1.62 bits per heavy atom. The highest BCUT2D eigenvalue weighted by Gasteiger charge is 2.12. The van der Waals surface area contributed by atoms with Gasteiger partial charge in [0.15, 0.2) is 11.5 Å². The van der Waals surface area contributed by atoms with Gasteiger partial charge in [-0.1, -0.05) is 12.1 Å². The van der Waals surface area contributed by atoms with Crippen molar-refractivity contribution in [2.24, 2.45) is 0 Å². The highest BCUT2D eigenvalue weighted by Crippen LogP contribution is 2.26. The monoisotopic (exact) mass is 370 g/mol. The van der Waals surface area contributed by atoms with E-state index < -0.39 is 0 Å². The van der Waals surface area contributed by atoms with E-state index in [-0.39, 0.29) is 13.0 Å². The number of nitrogens with one attached hydrogen (secondary N) is 2. The maximum Gasteiger partial charge on any atom is 0.161 e. The zero-order valence-corrected chi connectivity index (χ0v) is 15.4. The zero-order valence-electron chi connectivity index (χ0n) is 15.4. The average Bonchev–Trinajstić information content (AvgIpc) is 2.67. The summed E-state index contributed by atoms with van der Waals surface area (Å²) in [4.78, 5) is 0. The third-order valence-electron chi connectivity index (χ3n) is 3.58. The third-order valence-corrected chi connectivity index (χ3v) is 3.58. The number of hydrogen-bond acceptors (Lipinski definition) is 8. The number of fused-ring (bicyclic) bond motifs is 1. The maximum absolute atomic E-state index is 5.89. The molecule has 0 saturated heterocycles. The van der Waals surface area contributed by atoms with Crippen LogP contribution in [0.15, 0.2) is 24.3 Å². The number of hydrogen-bond donors (Lipinski definition) is 2. The minimum Gasteiger partial charge on any atom is -0.488 e. The summed E-state index contributed by atoms with van der Waals surface area (Å²) in [5, 5.41) is 6.52. The molecule has 1 heterocycles. The summed E-state index contributed by atoms with van der Waals surface area (Å²) in [6.07, 6.45) is -0.316. The molecular formula is C18H30N2O6. The Hall–Kier alpha value is -1.42. The molecule has 0 radical (unpaired) electrons. The van der Waals surface area contributed by atoms with Crippen LogP contribution in [0.5, 0.6) is 11.5 Å². The minimum atomic E-state index is -0.316. The van der Waals surface area contributed by atoms with Gasteiger partial charge in [0.25, 0.3) is 0 Å². The average molecular weight is 370 g/mol. The molecule has 0 fully saturated rings. The molecule has 1 atom stereocenters. The molecule has 1 aromatic carbocycles. The summed E-state index contributed by atoms with van der Waals surface area (Å²) in [5.41, 5.74) is 0. The van der Waals surface area contributed by atoms with E-state index in [1.165, 1.54) is 0 Å². The highest BCUT2D eigenvalue weighted by atomic mass is 16.7. The van der Waals surface area contributed by atoms with Crippen LogP contribution in [0.3, 0.4) is 0 Å². The van der Waals surface area contributed by atoms with Crippen molar-refractivity contribution in [1.29, 1.82) is 0 Å².